The van der Waals surface area contributed by atoms with Gasteiger partial charge in [0.1, 0.15) is 5.84 Å². The fraction of sp³-hybridized carbons (Fsp3) is 0.423. The van der Waals surface area contributed by atoms with Crippen LogP contribution in [0.2, 0.25) is 0 Å². The molecule has 0 bridgehead atoms. The van der Waals surface area contributed by atoms with E-state index in [0.29, 0.717) is 30.1 Å². The van der Waals surface area contributed by atoms with Gasteiger partial charge in [0.15, 0.2) is 6.23 Å². The van der Waals surface area contributed by atoms with Crippen LogP contribution in [-0.2, 0) is 25.2 Å². The molecule has 0 saturated carbocycles. The smallest absolute Gasteiger partial charge is 0.416 e. The maximum Gasteiger partial charge on any atom is 0.416 e. The first-order chi connectivity index (χ1) is 18.0. The molecule has 0 aliphatic carbocycles. The monoisotopic (exact) mass is 534 g/mol. The number of methoxy groups -OCH3 is 1. The Bertz CT molecular complexity index is 1230. The Kier molecular flexibility index (Phi) is 8.22. The zero-order chi connectivity index (χ0) is 27.4. The van der Waals surface area contributed by atoms with Gasteiger partial charge in [0.25, 0.3) is 0 Å². The van der Waals surface area contributed by atoms with E-state index in [1.165, 1.54) is 6.07 Å². The number of halogens is 3. The number of amidine groups is 1. The molecular weight excluding hydrogens is 505 g/mol. The lowest BCUT2D eigenvalue weighted by Crippen LogP contribution is -2.60. The number of nitrogens with one attached hydrogen (secondary N) is 2. The second-order valence-corrected chi connectivity index (χ2v) is 9.22. The summed E-state index contributed by atoms with van der Waals surface area (Å²) in [4.78, 5) is 29.9. The highest BCUT2D eigenvalue weighted by Gasteiger charge is 2.37. The molecule has 0 radical (unpaired) electrons. The van der Waals surface area contributed by atoms with Gasteiger partial charge < -0.3 is 30.1 Å². The Hall–Kier alpha value is -3.64. The Morgan fingerprint density at radius 3 is 2.63 bits per heavy atom. The van der Waals surface area contributed by atoms with Gasteiger partial charge in [-0.05, 0) is 49.2 Å². The molecule has 0 spiro atoms. The molecule has 12 heteroatoms. The van der Waals surface area contributed by atoms with Crippen LogP contribution >= 0.6 is 0 Å². The molecule has 2 aliphatic rings. The molecule has 2 aromatic rings. The van der Waals surface area contributed by atoms with E-state index in [-0.39, 0.29) is 37.0 Å². The normalized spacial score (nSPS) is 19.0. The van der Waals surface area contributed by atoms with Crippen LogP contribution in [0.25, 0.3) is 0 Å². The van der Waals surface area contributed by atoms with E-state index in [1.807, 2.05) is 19.1 Å². The third-order valence-electron chi connectivity index (χ3n) is 6.34. The highest BCUT2D eigenvalue weighted by molar-refractivity contribution is 6.08. The number of carbonyl (C=O) groups is 2. The van der Waals surface area contributed by atoms with Crippen molar-refractivity contribution in [2.24, 2.45) is 4.99 Å². The van der Waals surface area contributed by atoms with Gasteiger partial charge in [0, 0.05) is 37.6 Å². The molecular formula is C26H29F3N4O5. The maximum atomic E-state index is 13.7. The third kappa shape index (κ3) is 6.43. The van der Waals surface area contributed by atoms with Crippen LogP contribution in [0.5, 0.6) is 0 Å². The van der Waals surface area contributed by atoms with Crippen LogP contribution in [0.3, 0.4) is 0 Å². The Labute approximate surface area is 217 Å². The first kappa shape index (κ1) is 27.4. The predicted octanol–water partition coefficient (Wildman–Crippen LogP) is 4.19. The molecule has 1 fully saturated rings. The SMILES string of the molecule is COCC[C@H]1CN(C2=Nc3cc(C)ccc3Nc3ccc(C(F)(F)F)cc32)C(OC(=O)CCC(=O)O)CN1. The topological polar surface area (TPSA) is 112 Å². The van der Waals surface area contributed by atoms with Crippen molar-refractivity contribution < 1.29 is 37.3 Å². The average Bonchev–Trinajstić information content (AvgIpc) is 3.02. The summed E-state index contributed by atoms with van der Waals surface area (Å²) in [6.45, 7) is 2.75. The number of aryl methyl sites for hydroxylation is 1. The summed E-state index contributed by atoms with van der Waals surface area (Å²) in [6, 6.07) is 8.77. The molecule has 2 heterocycles. The second-order valence-electron chi connectivity index (χ2n) is 9.22. The molecule has 0 amide bonds. The standard InChI is InChI=1S/C26H29F3N4O5/c1-15-3-5-20-21(11-15)32-25(18-12-16(26(27,28)29)4-6-19(18)31-20)33-14-17(9-10-37-2)30-13-22(33)38-24(36)8-7-23(34)35/h3-6,11-12,17,22,30-31H,7-10,13-14H2,1-2H3,(H,34,35)/t17-,22?/m0/s1. The number of piperazine rings is 1. The predicted molar refractivity (Wildman–Crippen MR) is 134 cm³/mol. The number of hydrogen-bond donors (Lipinski definition) is 3. The zero-order valence-corrected chi connectivity index (χ0v) is 21.0. The number of ether oxygens (including phenoxy) is 2. The summed E-state index contributed by atoms with van der Waals surface area (Å²) in [7, 11) is 1.57. The Morgan fingerprint density at radius 2 is 1.92 bits per heavy atom. The lowest BCUT2D eigenvalue weighted by Gasteiger charge is -2.41. The van der Waals surface area contributed by atoms with E-state index < -0.39 is 36.3 Å². The minimum Gasteiger partial charge on any atom is -0.481 e. The minimum atomic E-state index is -4.58. The quantitative estimate of drug-likeness (QED) is 0.454. The number of carboxylic acid groups (broad SMARTS) is 1. The van der Waals surface area contributed by atoms with E-state index in [0.717, 1.165) is 17.7 Å². The first-order valence-electron chi connectivity index (χ1n) is 12.1. The molecule has 3 N–H and O–H groups in total. The first-order valence-corrected chi connectivity index (χ1v) is 12.1. The number of aliphatic carboxylic acids is 1. The van der Waals surface area contributed by atoms with Crippen molar-refractivity contribution in [2.75, 3.05) is 32.1 Å². The number of alkyl halides is 3. The van der Waals surface area contributed by atoms with Gasteiger partial charge in [-0.25, -0.2) is 4.99 Å². The van der Waals surface area contributed by atoms with Crippen LogP contribution in [0.4, 0.5) is 30.2 Å². The summed E-state index contributed by atoms with van der Waals surface area (Å²) in [5.41, 5.74) is 1.83. The number of aliphatic imine (C=N–C) groups is 1. The number of benzene rings is 2. The third-order valence-corrected chi connectivity index (χ3v) is 6.34. The zero-order valence-electron chi connectivity index (χ0n) is 21.0. The van der Waals surface area contributed by atoms with Crippen molar-refractivity contribution in [3.8, 4) is 0 Å². The van der Waals surface area contributed by atoms with Crippen molar-refractivity contribution >= 4 is 34.8 Å². The minimum absolute atomic E-state index is 0.130. The summed E-state index contributed by atoms with van der Waals surface area (Å²) in [5, 5.41) is 15.4. The summed E-state index contributed by atoms with van der Waals surface area (Å²) >= 11 is 0. The van der Waals surface area contributed by atoms with Crippen LogP contribution in [0, 0.1) is 6.92 Å². The van der Waals surface area contributed by atoms with Gasteiger partial charge in [-0.3, -0.25) is 9.59 Å². The molecule has 2 aromatic carbocycles. The molecule has 0 aromatic heterocycles. The number of carbonyl (C=O) groups excluding carboxylic acids is 1. The van der Waals surface area contributed by atoms with Crippen molar-refractivity contribution in [1.82, 2.24) is 10.2 Å². The Morgan fingerprint density at radius 1 is 1.16 bits per heavy atom. The van der Waals surface area contributed by atoms with E-state index >= 15 is 0 Å². The van der Waals surface area contributed by atoms with Gasteiger partial charge in [-0.1, -0.05) is 6.07 Å². The molecule has 2 atom stereocenters. The van der Waals surface area contributed by atoms with E-state index in [1.54, 1.807) is 18.1 Å². The van der Waals surface area contributed by atoms with Gasteiger partial charge in [-0.15, -0.1) is 0 Å². The van der Waals surface area contributed by atoms with E-state index in [9.17, 15) is 22.8 Å². The van der Waals surface area contributed by atoms with Crippen molar-refractivity contribution in [3.63, 3.8) is 0 Å². The summed E-state index contributed by atoms with van der Waals surface area (Å²) in [6.07, 6.45) is -5.64. The number of anilines is 2. The van der Waals surface area contributed by atoms with Crippen molar-refractivity contribution in [3.05, 3.63) is 53.1 Å². The lowest BCUT2D eigenvalue weighted by atomic mass is 10.0. The molecule has 2 aliphatic heterocycles. The van der Waals surface area contributed by atoms with Crippen LogP contribution in [0.15, 0.2) is 41.4 Å². The maximum absolute atomic E-state index is 13.7. The number of fused-ring (bicyclic) bond motifs is 2. The van der Waals surface area contributed by atoms with Gasteiger partial charge in [0.2, 0.25) is 0 Å². The largest absolute Gasteiger partial charge is 0.481 e. The molecule has 9 nitrogen and oxygen atoms in total. The fourth-order valence-corrected chi connectivity index (χ4v) is 4.39. The number of nitrogens with zero attached hydrogens (tertiary/aromatic N) is 2. The number of rotatable bonds is 7. The molecule has 1 saturated heterocycles. The number of esters is 1. The molecule has 4 rings (SSSR count). The summed E-state index contributed by atoms with van der Waals surface area (Å²) in [5.74, 6) is -1.66. The van der Waals surface area contributed by atoms with Crippen LogP contribution < -0.4 is 10.6 Å². The lowest BCUT2D eigenvalue weighted by molar-refractivity contribution is -0.159. The van der Waals surface area contributed by atoms with Crippen molar-refractivity contribution in [1.29, 1.82) is 0 Å². The molecule has 204 valence electrons. The number of carboxylic acids is 1. The van der Waals surface area contributed by atoms with E-state index in [4.69, 9.17) is 19.6 Å². The van der Waals surface area contributed by atoms with Gasteiger partial charge >= 0.3 is 18.1 Å². The summed E-state index contributed by atoms with van der Waals surface area (Å²) < 4.78 is 52.0. The van der Waals surface area contributed by atoms with E-state index in [2.05, 4.69) is 10.6 Å². The fourth-order valence-electron chi connectivity index (χ4n) is 4.39. The van der Waals surface area contributed by atoms with Crippen molar-refractivity contribution in [2.45, 2.75) is 44.6 Å². The van der Waals surface area contributed by atoms with Gasteiger partial charge in [-0.2, -0.15) is 13.2 Å². The van der Waals surface area contributed by atoms with Gasteiger partial charge in [0.05, 0.1) is 36.3 Å². The van der Waals surface area contributed by atoms with Crippen LogP contribution in [0.1, 0.15) is 36.0 Å². The number of hydrogen-bond acceptors (Lipinski definition) is 8. The molecule has 1 unspecified atom stereocenters. The average molecular weight is 535 g/mol. The highest BCUT2D eigenvalue weighted by atomic mass is 19.4. The van der Waals surface area contributed by atoms with Crippen LogP contribution in [-0.4, -0.2) is 66.9 Å². The second kappa shape index (κ2) is 11.4. The highest BCUT2D eigenvalue weighted by Crippen LogP contribution is 2.39. The Balaban J connectivity index is 1.80. The molecule has 38 heavy (non-hydrogen) atoms.